The van der Waals surface area contributed by atoms with Gasteiger partial charge in [0.1, 0.15) is 6.04 Å². The second kappa shape index (κ2) is 10.9. The Hall–Kier alpha value is -1.75. The molecule has 1 atom stereocenters. The number of nitrogens with zero attached hydrogens (tertiary/aromatic N) is 1. The summed E-state index contributed by atoms with van der Waals surface area (Å²) in [5.41, 5.74) is 1.50. The third-order valence-electron chi connectivity index (χ3n) is 4.45. The van der Waals surface area contributed by atoms with Crippen LogP contribution < -0.4 is 5.32 Å². The number of hydrogen-bond acceptors (Lipinski definition) is 2. The fourth-order valence-corrected chi connectivity index (χ4v) is 3.47. The van der Waals surface area contributed by atoms with Crippen molar-refractivity contribution in [2.24, 2.45) is 5.92 Å². The summed E-state index contributed by atoms with van der Waals surface area (Å²) >= 11 is 18.3. The van der Waals surface area contributed by atoms with E-state index in [4.69, 9.17) is 34.8 Å². The van der Waals surface area contributed by atoms with Gasteiger partial charge in [-0.25, -0.2) is 0 Å². The third kappa shape index (κ3) is 7.22. The molecule has 0 saturated carbocycles. The quantitative estimate of drug-likeness (QED) is 0.581. The van der Waals surface area contributed by atoms with E-state index in [1.807, 2.05) is 19.9 Å². The largest absolute Gasteiger partial charge is 0.354 e. The van der Waals surface area contributed by atoms with Crippen LogP contribution >= 0.6 is 34.8 Å². The minimum absolute atomic E-state index is 0.133. The van der Waals surface area contributed by atoms with E-state index in [2.05, 4.69) is 5.32 Å². The first-order valence-electron chi connectivity index (χ1n) is 9.43. The molecule has 0 saturated heterocycles. The number of benzene rings is 2. The molecule has 0 heterocycles. The first kappa shape index (κ1) is 23.5. The molecule has 156 valence electrons. The molecule has 4 nitrogen and oxygen atoms in total. The van der Waals surface area contributed by atoms with Gasteiger partial charge in [0.25, 0.3) is 0 Å². The van der Waals surface area contributed by atoms with E-state index in [0.29, 0.717) is 27.5 Å². The Bertz CT molecular complexity index is 871. The van der Waals surface area contributed by atoms with E-state index in [0.717, 1.165) is 11.1 Å². The summed E-state index contributed by atoms with van der Waals surface area (Å²) in [6.07, 6.45) is 0.133. The van der Waals surface area contributed by atoms with Crippen molar-refractivity contribution in [1.29, 1.82) is 0 Å². The van der Waals surface area contributed by atoms with Crippen LogP contribution in [0.1, 0.15) is 31.9 Å². The Morgan fingerprint density at radius 2 is 1.69 bits per heavy atom. The number of carbonyl (C=O) groups excluding carboxylic acids is 2. The summed E-state index contributed by atoms with van der Waals surface area (Å²) in [4.78, 5) is 27.3. The van der Waals surface area contributed by atoms with Crippen molar-refractivity contribution in [3.05, 3.63) is 68.7 Å². The number of amides is 2. The Balaban J connectivity index is 2.25. The van der Waals surface area contributed by atoms with Crippen molar-refractivity contribution in [2.45, 2.75) is 39.8 Å². The molecule has 2 aromatic carbocycles. The Morgan fingerprint density at radius 3 is 2.31 bits per heavy atom. The van der Waals surface area contributed by atoms with Crippen LogP contribution in [-0.4, -0.2) is 29.3 Å². The molecule has 0 radical (unpaired) electrons. The second-order valence-electron chi connectivity index (χ2n) is 7.38. The minimum atomic E-state index is -0.660. The summed E-state index contributed by atoms with van der Waals surface area (Å²) in [7, 11) is 0. The van der Waals surface area contributed by atoms with E-state index in [9.17, 15) is 9.59 Å². The van der Waals surface area contributed by atoms with Gasteiger partial charge in [-0.2, -0.15) is 0 Å². The number of carbonyl (C=O) groups is 2. The van der Waals surface area contributed by atoms with Crippen LogP contribution in [0.3, 0.4) is 0 Å². The molecule has 2 aromatic rings. The lowest BCUT2D eigenvalue weighted by Gasteiger charge is -2.29. The normalized spacial score (nSPS) is 12.0. The molecule has 2 amide bonds. The maximum absolute atomic E-state index is 13.1. The molecular weight excluding hydrogens is 431 g/mol. The van der Waals surface area contributed by atoms with Gasteiger partial charge in [0, 0.05) is 28.2 Å². The monoisotopic (exact) mass is 454 g/mol. The summed E-state index contributed by atoms with van der Waals surface area (Å²) in [5, 5.41) is 4.42. The van der Waals surface area contributed by atoms with Gasteiger partial charge in [0.15, 0.2) is 0 Å². The minimum Gasteiger partial charge on any atom is -0.354 e. The van der Waals surface area contributed by atoms with Crippen LogP contribution in [0.2, 0.25) is 15.1 Å². The van der Waals surface area contributed by atoms with Crippen molar-refractivity contribution in [3.63, 3.8) is 0 Å². The fraction of sp³-hybridized carbons (Fsp3) is 0.364. The molecule has 1 N–H and O–H groups in total. The molecule has 0 fully saturated rings. The molecule has 7 heteroatoms. The van der Waals surface area contributed by atoms with Gasteiger partial charge in [-0.3, -0.25) is 9.59 Å². The summed E-state index contributed by atoms with van der Waals surface area (Å²) in [5.74, 6) is -0.0822. The van der Waals surface area contributed by atoms with E-state index in [1.165, 1.54) is 4.90 Å². The highest BCUT2D eigenvalue weighted by Crippen LogP contribution is 2.24. The highest BCUT2D eigenvalue weighted by Gasteiger charge is 2.27. The summed E-state index contributed by atoms with van der Waals surface area (Å²) < 4.78 is 0. The van der Waals surface area contributed by atoms with Gasteiger partial charge in [0.05, 0.1) is 6.42 Å². The number of rotatable bonds is 8. The number of hydrogen-bond donors (Lipinski definition) is 1. The van der Waals surface area contributed by atoms with E-state index in [1.54, 1.807) is 43.3 Å². The Kier molecular flexibility index (Phi) is 8.81. The first-order chi connectivity index (χ1) is 13.7. The van der Waals surface area contributed by atoms with Crippen molar-refractivity contribution >= 4 is 46.6 Å². The van der Waals surface area contributed by atoms with Crippen molar-refractivity contribution in [1.82, 2.24) is 10.2 Å². The van der Waals surface area contributed by atoms with Gasteiger partial charge < -0.3 is 10.2 Å². The topological polar surface area (TPSA) is 49.4 Å². The number of nitrogens with one attached hydrogen (secondary N) is 1. The first-order valence-corrected chi connectivity index (χ1v) is 10.6. The lowest BCUT2D eigenvalue weighted by atomic mass is 10.1. The predicted molar refractivity (Wildman–Crippen MR) is 119 cm³/mol. The number of halogens is 3. The third-order valence-corrected chi connectivity index (χ3v) is 5.27. The Morgan fingerprint density at radius 1 is 1.00 bits per heavy atom. The van der Waals surface area contributed by atoms with Gasteiger partial charge >= 0.3 is 0 Å². The Labute approximate surface area is 187 Å². The van der Waals surface area contributed by atoms with Gasteiger partial charge in [-0.05, 0) is 48.2 Å². The molecule has 0 aliphatic carbocycles. The predicted octanol–water partition coefficient (Wildman–Crippen LogP) is 5.38. The smallest absolute Gasteiger partial charge is 0.242 e. The van der Waals surface area contributed by atoms with Crippen LogP contribution in [0, 0.1) is 5.92 Å². The van der Waals surface area contributed by atoms with E-state index in [-0.39, 0.29) is 24.8 Å². The highest BCUT2D eigenvalue weighted by atomic mass is 35.5. The van der Waals surface area contributed by atoms with E-state index >= 15 is 0 Å². The lowest BCUT2D eigenvalue weighted by molar-refractivity contribution is -0.140. The molecule has 2 rings (SSSR count). The van der Waals surface area contributed by atoms with E-state index < -0.39 is 6.04 Å². The molecule has 0 unspecified atom stereocenters. The van der Waals surface area contributed by atoms with Crippen LogP contribution in [0.5, 0.6) is 0 Å². The van der Waals surface area contributed by atoms with Gasteiger partial charge in [0.2, 0.25) is 11.8 Å². The average molecular weight is 456 g/mol. The van der Waals surface area contributed by atoms with Crippen LogP contribution in [-0.2, 0) is 22.6 Å². The molecule has 29 heavy (non-hydrogen) atoms. The van der Waals surface area contributed by atoms with Crippen molar-refractivity contribution < 1.29 is 9.59 Å². The van der Waals surface area contributed by atoms with Crippen molar-refractivity contribution in [3.8, 4) is 0 Å². The second-order valence-corrected chi connectivity index (χ2v) is 8.66. The SMILES string of the molecule is CC(C)CNC(=O)[C@H](C)N(Cc1ccc(Cl)cc1Cl)C(=O)Cc1cccc(Cl)c1. The van der Waals surface area contributed by atoms with Crippen LogP contribution in [0.25, 0.3) is 0 Å². The molecule has 0 aliphatic heterocycles. The zero-order chi connectivity index (χ0) is 21.6. The zero-order valence-electron chi connectivity index (χ0n) is 16.7. The maximum Gasteiger partial charge on any atom is 0.242 e. The highest BCUT2D eigenvalue weighted by molar-refractivity contribution is 6.35. The summed E-state index contributed by atoms with van der Waals surface area (Å²) in [6.45, 7) is 6.49. The molecular formula is C22H25Cl3N2O2. The van der Waals surface area contributed by atoms with Gasteiger partial charge in [-0.15, -0.1) is 0 Å². The van der Waals surface area contributed by atoms with Gasteiger partial charge in [-0.1, -0.05) is 66.8 Å². The fourth-order valence-electron chi connectivity index (χ4n) is 2.79. The lowest BCUT2D eigenvalue weighted by Crippen LogP contribution is -2.48. The molecule has 0 aromatic heterocycles. The maximum atomic E-state index is 13.1. The van der Waals surface area contributed by atoms with Crippen molar-refractivity contribution in [2.75, 3.05) is 6.54 Å². The zero-order valence-corrected chi connectivity index (χ0v) is 19.0. The van der Waals surface area contributed by atoms with Crippen LogP contribution in [0.15, 0.2) is 42.5 Å². The molecule has 0 aliphatic rings. The summed E-state index contributed by atoms with van der Waals surface area (Å²) in [6, 6.07) is 11.6. The average Bonchev–Trinajstić information content (AvgIpc) is 2.64. The standard InChI is InChI=1S/C22H25Cl3N2O2/c1-14(2)12-26-22(29)15(3)27(13-17-7-8-19(24)11-20(17)25)21(28)10-16-5-4-6-18(23)9-16/h4-9,11,14-15H,10,12-13H2,1-3H3,(H,26,29)/t15-/m0/s1. The van der Waals surface area contributed by atoms with Crippen LogP contribution in [0.4, 0.5) is 0 Å². The molecule has 0 spiro atoms. The molecule has 0 bridgehead atoms.